The Morgan fingerprint density at radius 1 is 1.19 bits per heavy atom. The van der Waals surface area contributed by atoms with Gasteiger partial charge in [-0.3, -0.25) is 19.7 Å². The molecular weight excluding hydrogens is 278 g/mol. The summed E-state index contributed by atoms with van der Waals surface area (Å²) in [5, 5.41) is 10.7. The summed E-state index contributed by atoms with van der Waals surface area (Å²) in [5.41, 5.74) is 5.22. The molecular formula is C13H21N3O5. The second-order valence-electron chi connectivity index (χ2n) is 5.14. The molecule has 0 aliphatic carbocycles. The van der Waals surface area contributed by atoms with Gasteiger partial charge in [-0.15, -0.1) is 0 Å². The number of amides is 4. The minimum atomic E-state index is -0.905. The van der Waals surface area contributed by atoms with Crippen LogP contribution in [0.5, 0.6) is 0 Å². The van der Waals surface area contributed by atoms with E-state index in [0.717, 1.165) is 0 Å². The maximum atomic E-state index is 11.9. The fraction of sp³-hybridized carbons (Fsp3) is 0.692. The monoisotopic (exact) mass is 299 g/mol. The Hall–Kier alpha value is -2.12. The average Bonchev–Trinajstić information content (AvgIpc) is 2.43. The zero-order valence-corrected chi connectivity index (χ0v) is 11.8. The Labute approximate surface area is 122 Å². The topological polar surface area (TPSA) is 130 Å². The lowest BCUT2D eigenvalue weighted by atomic mass is 9.98. The molecule has 1 atom stereocenters. The molecule has 0 radical (unpaired) electrons. The van der Waals surface area contributed by atoms with Crippen LogP contribution in [0.4, 0.5) is 4.79 Å². The molecule has 1 rings (SSSR count). The smallest absolute Gasteiger partial charge is 0.324 e. The van der Waals surface area contributed by atoms with Gasteiger partial charge in [0.25, 0.3) is 0 Å². The SMILES string of the molecule is NC(=O)C1CCCN(C(=O)NC(=O)CCCCC(=O)O)C1. The Balaban J connectivity index is 2.30. The van der Waals surface area contributed by atoms with Crippen molar-refractivity contribution in [3.8, 4) is 0 Å². The molecule has 1 heterocycles. The van der Waals surface area contributed by atoms with Crippen LogP contribution in [0.2, 0.25) is 0 Å². The summed E-state index contributed by atoms with van der Waals surface area (Å²) in [7, 11) is 0. The van der Waals surface area contributed by atoms with E-state index in [-0.39, 0.29) is 25.3 Å². The van der Waals surface area contributed by atoms with Crippen LogP contribution in [0.25, 0.3) is 0 Å². The second kappa shape index (κ2) is 8.23. The molecule has 1 aliphatic rings. The van der Waals surface area contributed by atoms with Gasteiger partial charge in [-0.25, -0.2) is 4.79 Å². The molecule has 8 heteroatoms. The highest BCUT2D eigenvalue weighted by molar-refractivity contribution is 5.94. The molecule has 4 amide bonds. The van der Waals surface area contributed by atoms with Crippen LogP contribution in [0.1, 0.15) is 38.5 Å². The van der Waals surface area contributed by atoms with E-state index in [9.17, 15) is 19.2 Å². The van der Waals surface area contributed by atoms with Gasteiger partial charge in [-0.1, -0.05) is 0 Å². The van der Waals surface area contributed by atoms with Gasteiger partial charge in [0.15, 0.2) is 0 Å². The molecule has 1 saturated heterocycles. The van der Waals surface area contributed by atoms with Gasteiger partial charge in [0.05, 0.1) is 5.92 Å². The van der Waals surface area contributed by atoms with Gasteiger partial charge in [-0.05, 0) is 25.7 Å². The Bertz CT molecular complexity index is 424. The molecule has 0 spiro atoms. The third-order valence-electron chi connectivity index (χ3n) is 3.40. The first-order valence-electron chi connectivity index (χ1n) is 7.00. The van der Waals surface area contributed by atoms with Gasteiger partial charge in [-0.2, -0.15) is 0 Å². The van der Waals surface area contributed by atoms with Gasteiger partial charge in [0, 0.05) is 25.9 Å². The number of carbonyl (C=O) groups is 4. The van der Waals surface area contributed by atoms with E-state index in [4.69, 9.17) is 10.8 Å². The number of rotatable bonds is 6. The number of nitrogens with zero attached hydrogens (tertiary/aromatic N) is 1. The molecule has 0 aromatic heterocycles. The van der Waals surface area contributed by atoms with Gasteiger partial charge < -0.3 is 15.7 Å². The maximum absolute atomic E-state index is 11.9. The normalized spacial score (nSPS) is 18.1. The lowest BCUT2D eigenvalue weighted by Crippen LogP contribution is -2.49. The predicted octanol–water partition coefficient (Wildman–Crippen LogP) is 0.0649. The standard InChI is InChI=1S/C13H21N3O5/c14-12(20)9-4-3-7-16(8-9)13(21)15-10(17)5-1-2-6-11(18)19/h9H,1-8H2,(H2,14,20)(H,18,19)(H,15,17,21). The number of primary amides is 1. The third-order valence-corrected chi connectivity index (χ3v) is 3.40. The highest BCUT2D eigenvalue weighted by atomic mass is 16.4. The van der Waals surface area contributed by atoms with E-state index in [2.05, 4.69) is 5.32 Å². The van der Waals surface area contributed by atoms with Crippen LogP contribution in [0.15, 0.2) is 0 Å². The Morgan fingerprint density at radius 2 is 1.86 bits per heavy atom. The van der Waals surface area contributed by atoms with Gasteiger partial charge in [0.1, 0.15) is 0 Å². The van der Waals surface area contributed by atoms with Gasteiger partial charge >= 0.3 is 12.0 Å². The highest BCUT2D eigenvalue weighted by Gasteiger charge is 2.27. The second-order valence-corrected chi connectivity index (χ2v) is 5.14. The van der Waals surface area contributed by atoms with Crippen molar-refractivity contribution in [2.45, 2.75) is 38.5 Å². The van der Waals surface area contributed by atoms with Crippen molar-refractivity contribution >= 4 is 23.8 Å². The van der Waals surface area contributed by atoms with Crippen LogP contribution in [0.3, 0.4) is 0 Å². The number of urea groups is 1. The highest BCUT2D eigenvalue weighted by Crippen LogP contribution is 2.15. The van der Waals surface area contributed by atoms with Crippen molar-refractivity contribution in [2.24, 2.45) is 11.7 Å². The van der Waals surface area contributed by atoms with E-state index in [1.807, 2.05) is 0 Å². The summed E-state index contributed by atoms with van der Waals surface area (Å²) in [4.78, 5) is 46.3. The van der Waals surface area contributed by atoms with E-state index in [1.165, 1.54) is 4.90 Å². The fourth-order valence-electron chi connectivity index (χ4n) is 2.22. The van der Waals surface area contributed by atoms with Crippen LogP contribution in [-0.2, 0) is 14.4 Å². The number of carboxylic acids is 1. The zero-order chi connectivity index (χ0) is 15.8. The fourth-order valence-corrected chi connectivity index (χ4v) is 2.22. The first-order chi connectivity index (χ1) is 9.90. The molecule has 21 heavy (non-hydrogen) atoms. The number of carbonyl (C=O) groups excluding carboxylic acids is 3. The van der Waals surface area contributed by atoms with Crippen LogP contribution >= 0.6 is 0 Å². The van der Waals surface area contributed by atoms with Gasteiger partial charge in [0.2, 0.25) is 11.8 Å². The summed E-state index contributed by atoms with van der Waals surface area (Å²) in [5.74, 6) is -2.15. The summed E-state index contributed by atoms with van der Waals surface area (Å²) >= 11 is 0. The average molecular weight is 299 g/mol. The lowest BCUT2D eigenvalue weighted by molar-refractivity contribution is -0.137. The summed E-state index contributed by atoms with van der Waals surface area (Å²) in [6.45, 7) is 0.718. The van der Waals surface area contributed by atoms with Crippen LogP contribution < -0.4 is 11.1 Å². The summed E-state index contributed by atoms with van der Waals surface area (Å²) in [6.07, 6.45) is 2.25. The molecule has 0 aromatic carbocycles. The van der Waals surface area contributed by atoms with Crippen molar-refractivity contribution in [1.82, 2.24) is 10.2 Å². The van der Waals surface area contributed by atoms with Crippen molar-refractivity contribution in [1.29, 1.82) is 0 Å². The van der Waals surface area contributed by atoms with E-state index >= 15 is 0 Å². The summed E-state index contributed by atoms with van der Waals surface area (Å²) < 4.78 is 0. The molecule has 118 valence electrons. The van der Waals surface area contributed by atoms with E-state index in [1.54, 1.807) is 0 Å². The first kappa shape index (κ1) is 16.9. The van der Waals surface area contributed by atoms with Crippen molar-refractivity contribution in [2.75, 3.05) is 13.1 Å². The quantitative estimate of drug-likeness (QED) is 0.597. The number of carboxylic acid groups (broad SMARTS) is 1. The zero-order valence-electron chi connectivity index (χ0n) is 11.8. The minimum Gasteiger partial charge on any atom is -0.481 e. The Kier molecular flexibility index (Phi) is 6.64. The Morgan fingerprint density at radius 3 is 2.48 bits per heavy atom. The van der Waals surface area contributed by atoms with Crippen LogP contribution in [0, 0.1) is 5.92 Å². The van der Waals surface area contributed by atoms with Crippen LogP contribution in [-0.4, -0.2) is 46.9 Å². The summed E-state index contributed by atoms with van der Waals surface area (Å²) in [6, 6.07) is -0.524. The molecule has 0 aromatic rings. The molecule has 8 nitrogen and oxygen atoms in total. The number of hydrogen-bond donors (Lipinski definition) is 3. The van der Waals surface area contributed by atoms with E-state index in [0.29, 0.717) is 32.2 Å². The first-order valence-corrected chi connectivity index (χ1v) is 7.00. The number of hydrogen-bond acceptors (Lipinski definition) is 4. The molecule has 1 fully saturated rings. The number of nitrogens with one attached hydrogen (secondary N) is 1. The molecule has 1 unspecified atom stereocenters. The number of unbranched alkanes of at least 4 members (excludes halogenated alkanes) is 1. The maximum Gasteiger partial charge on any atom is 0.324 e. The van der Waals surface area contributed by atoms with Crippen molar-refractivity contribution < 1.29 is 24.3 Å². The van der Waals surface area contributed by atoms with Crippen molar-refractivity contribution in [3.63, 3.8) is 0 Å². The van der Waals surface area contributed by atoms with Crippen molar-refractivity contribution in [3.05, 3.63) is 0 Å². The molecule has 1 aliphatic heterocycles. The number of piperidine rings is 1. The number of nitrogens with two attached hydrogens (primary N) is 1. The number of likely N-dealkylation sites (tertiary alicyclic amines) is 1. The number of aliphatic carboxylic acids is 1. The minimum absolute atomic E-state index is 0.00758. The molecule has 4 N–H and O–H groups in total. The van der Waals surface area contributed by atoms with E-state index < -0.39 is 23.8 Å². The number of imide groups is 1. The predicted molar refractivity (Wildman–Crippen MR) is 73.1 cm³/mol. The molecule has 0 saturated carbocycles. The molecule has 0 bridgehead atoms. The third kappa shape index (κ3) is 6.24. The lowest BCUT2D eigenvalue weighted by Gasteiger charge is -2.30. The largest absolute Gasteiger partial charge is 0.481 e.